The Morgan fingerprint density at radius 3 is 2.81 bits per heavy atom. The van der Waals surface area contributed by atoms with E-state index in [2.05, 4.69) is 14.6 Å². The predicted octanol–water partition coefficient (Wildman–Crippen LogP) is 4.31. The number of aryl methyl sites for hydroxylation is 1. The van der Waals surface area contributed by atoms with E-state index in [1.165, 1.54) is 5.69 Å². The average molecular weight is 354 g/mol. The van der Waals surface area contributed by atoms with Crippen LogP contribution in [0.25, 0.3) is 33.4 Å². The van der Waals surface area contributed by atoms with Crippen molar-refractivity contribution in [3.05, 3.63) is 66.1 Å². The van der Waals surface area contributed by atoms with E-state index in [1.807, 2.05) is 48.7 Å². The average Bonchev–Trinajstić information content (AvgIpc) is 3.29. The van der Waals surface area contributed by atoms with Crippen LogP contribution in [0.3, 0.4) is 0 Å². The van der Waals surface area contributed by atoms with Crippen LogP contribution in [0.1, 0.15) is 29.4 Å². The Bertz CT molecular complexity index is 1180. The summed E-state index contributed by atoms with van der Waals surface area (Å²) in [4.78, 5) is 20.8. The van der Waals surface area contributed by atoms with Gasteiger partial charge in [0.05, 0.1) is 11.2 Å². The quantitative estimate of drug-likeness (QED) is 0.514. The topological polar surface area (TPSA) is 60.7 Å². The minimum Gasteiger partial charge on any atom is -0.295 e. The molecule has 1 aliphatic heterocycles. The number of hydrogen-bond acceptors (Lipinski definition) is 4. The molecule has 0 amide bonds. The summed E-state index contributed by atoms with van der Waals surface area (Å²) in [7, 11) is 0. The van der Waals surface area contributed by atoms with Crippen LogP contribution in [0, 0.1) is 0 Å². The van der Waals surface area contributed by atoms with E-state index in [0.29, 0.717) is 5.56 Å². The first-order chi connectivity index (χ1) is 13.2. The number of hydrogen-bond donors (Lipinski definition) is 0. The lowest BCUT2D eigenvalue weighted by molar-refractivity contribution is 0.101. The zero-order chi connectivity index (χ0) is 18.4. The first kappa shape index (κ1) is 15.9. The Morgan fingerprint density at radius 2 is 2.00 bits per heavy atom. The van der Waals surface area contributed by atoms with Gasteiger partial charge in [0.25, 0.3) is 0 Å². The minimum absolute atomic E-state index is 0.0460. The van der Waals surface area contributed by atoms with Gasteiger partial charge in [0.15, 0.2) is 5.78 Å². The van der Waals surface area contributed by atoms with Gasteiger partial charge in [0, 0.05) is 41.1 Å². The molecule has 0 unspecified atom stereocenters. The van der Waals surface area contributed by atoms with E-state index in [4.69, 9.17) is 5.10 Å². The third-order valence-corrected chi connectivity index (χ3v) is 5.17. The molecule has 0 spiro atoms. The maximum Gasteiger partial charge on any atom is 0.159 e. The highest BCUT2D eigenvalue weighted by molar-refractivity contribution is 6.03. The molecule has 0 radical (unpaired) electrons. The van der Waals surface area contributed by atoms with Gasteiger partial charge in [-0.2, -0.15) is 5.10 Å². The molecule has 27 heavy (non-hydrogen) atoms. The van der Waals surface area contributed by atoms with Gasteiger partial charge in [-0.05, 0) is 49.6 Å². The molecule has 1 aromatic carbocycles. The fourth-order valence-electron chi connectivity index (χ4n) is 3.88. The molecule has 0 bridgehead atoms. The van der Waals surface area contributed by atoms with Crippen molar-refractivity contribution in [3.8, 4) is 22.5 Å². The number of rotatable bonds is 3. The SMILES string of the molecule is CC(=O)c1ccc2c(-c3c(-c4ccccn4)nn4c3CCC4)ccnc2c1. The summed E-state index contributed by atoms with van der Waals surface area (Å²) in [5.41, 5.74) is 6.77. The molecule has 0 N–H and O–H groups in total. The first-order valence-corrected chi connectivity index (χ1v) is 9.13. The van der Waals surface area contributed by atoms with E-state index in [0.717, 1.165) is 52.8 Å². The number of Topliss-reactive ketones (excluding diaryl/α,β-unsaturated/α-hetero) is 1. The number of carbonyl (C=O) groups excluding carboxylic acids is 1. The number of benzene rings is 1. The molecule has 4 heterocycles. The lowest BCUT2D eigenvalue weighted by Crippen LogP contribution is -1.94. The Balaban J connectivity index is 1.79. The van der Waals surface area contributed by atoms with Gasteiger partial charge in [-0.25, -0.2) is 0 Å². The smallest absolute Gasteiger partial charge is 0.159 e. The van der Waals surface area contributed by atoms with Gasteiger partial charge in [-0.1, -0.05) is 18.2 Å². The number of aromatic nitrogens is 4. The normalized spacial score (nSPS) is 13.1. The van der Waals surface area contributed by atoms with Gasteiger partial charge in [-0.15, -0.1) is 0 Å². The second-order valence-corrected chi connectivity index (χ2v) is 6.86. The summed E-state index contributed by atoms with van der Waals surface area (Å²) in [6.45, 7) is 2.52. The number of carbonyl (C=O) groups is 1. The van der Waals surface area contributed by atoms with Gasteiger partial charge in [-0.3, -0.25) is 19.4 Å². The van der Waals surface area contributed by atoms with Crippen molar-refractivity contribution in [3.63, 3.8) is 0 Å². The molecule has 132 valence electrons. The van der Waals surface area contributed by atoms with Crippen LogP contribution >= 0.6 is 0 Å². The molecule has 0 aliphatic carbocycles. The van der Waals surface area contributed by atoms with Crippen molar-refractivity contribution < 1.29 is 4.79 Å². The molecule has 4 aromatic rings. The van der Waals surface area contributed by atoms with Gasteiger partial charge >= 0.3 is 0 Å². The highest BCUT2D eigenvalue weighted by Crippen LogP contribution is 2.39. The summed E-state index contributed by atoms with van der Waals surface area (Å²) < 4.78 is 2.11. The van der Waals surface area contributed by atoms with E-state index in [1.54, 1.807) is 13.1 Å². The summed E-state index contributed by atoms with van der Waals surface area (Å²) in [6.07, 6.45) is 5.72. The van der Waals surface area contributed by atoms with Crippen LogP contribution in [0.2, 0.25) is 0 Å². The molecular weight excluding hydrogens is 336 g/mol. The summed E-state index contributed by atoms with van der Waals surface area (Å²) >= 11 is 0. The maximum absolute atomic E-state index is 11.7. The van der Waals surface area contributed by atoms with Crippen molar-refractivity contribution in [2.24, 2.45) is 0 Å². The third kappa shape index (κ3) is 2.54. The third-order valence-electron chi connectivity index (χ3n) is 5.17. The zero-order valence-corrected chi connectivity index (χ0v) is 15.0. The fourth-order valence-corrected chi connectivity index (χ4v) is 3.88. The number of ketones is 1. The highest BCUT2D eigenvalue weighted by Gasteiger charge is 2.25. The standard InChI is InChI=1S/C22H18N4O/c1-14(27)15-7-8-16-17(9-11-24-19(16)13-15)21-20-6-4-12-26(20)25-22(21)18-5-2-3-10-23-18/h2-3,5,7-11,13H,4,6,12H2,1H3. The Kier molecular flexibility index (Phi) is 3.60. The van der Waals surface area contributed by atoms with Crippen molar-refractivity contribution in [2.75, 3.05) is 0 Å². The fraction of sp³-hybridized carbons (Fsp3) is 0.182. The van der Waals surface area contributed by atoms with E-state index < -0.39 is 0 Å². The van der Waals surface area contributed by atoms with Crippen LogP contribution in [-0.2, 0) is 13.0 Å². The van der Waals surface area contributed by atoms with Gasteiger partial charge in [0.2, 0.25) is 0 Å². The second kappa shape index (κ2) is 6.13. The summed E-state index contributed by atoms with van der Waals surface area (Å²) in [5.74, 6) is 0.0460. The molecule has 5 nitrogen and oxygen atoms in total. The Labute approximate surface area is 156 Å². The monoisotopic (exact) mass is 354 g/mol. The lowest BCUT2D eigenvalue weighted by atomic mass is 9.96. The largest absolute Gasteiger partial charge is 0.295 e. The molecule has 0 saturated heterocycles. The summed E-state index contributed by atoms with van der Waals surface area (Å²) in [6, 6.07) is 13.7. The lowest BCUT2D eigenvalue weighted by Gasteiger charge is -2.09. The molecule has 0 atom stereocenters. The van der Waals surface area contributed by atoms with Crippen LogP contribution in [-0.4, -0.2) is 25.5 Å². The summed E-state index contributed by atoms with van der Waals surface area (Å²) in [5, 5.41) is 5.90. The van der Waals surface area contributed by atoms with Crippen molar-refractivity contribution >= 4 is 16.7 Å². The van der Waals surface area contributed by atoms with E-state index in [9.17, 15) is 4.79 Å². The maximum atomic E-state index is 11.7. The van der Waals surface area contributed by atoms with Gasteiger partial charge in [0.1, 0.15) is 5.69 Å². The zero-order valence-electron chi connectivity index (χ0n) is 15.0. The van der Waals surface area contributed by atoms with Gasteiger partial charge < -0.3 is 0 Å². The van der Waals surface area contributed by atoms with Crippen molar-refractivity contribution in [1.29, 1.82) is 0 Å². The van der Waals surface area contributed by atoms with Crippen LogP contribution in [0.5, 0.6) is 0 Å². The molecule has 5 heteroatoms. The molecule has 0 saturated carbocycles. The molecular formula is C22H18N4O. The van der Waals surface area contributed by atoms with Crippen molar-refractivity contribution in [2.45, 2.75) is 26.3 Å². The van der Waals surface area contributed by atoms with Crippen LogP contribution < -0.4 is 0 Å². The van der Waals surface area contributed by atoms with Crippen LogP contribution in [0.15, 0.2) is 54.9 Å². The number of pyridine rings is 2. The predicted molar refractivity (Wildman–Crippen MR) is 105 cm³/mol. The van der Waals surface area contributed by atoms with Crippen LogP contribution in [0.4, 0.5) is 0 Å². The molecule has 3 aromatic heterocycles. The number of nitrogens with zero attached hydrogens (tertiary/aromatic N) is 4. The van der Waals surface area contributed by atoms with E-state index in [-0.39, 0.29) is 5.78 Å². The highest BCUT2D eigenvalue weighted by atomic mass is 16.1. The molecule has 0 fully saturated rings. The molecule has 5 rings (SSSR count). The molecule has 1 aliphatic rings. The Morgan fingerprint density at radius 1 is 1.07 bits per heavy atom. The minimum atomic E-state index is 0.0460. The first-order valence-electron chi connectivity index (χ1n) is 9.13. The van der Waals surface area contributed by atoms with Crippen molar-refractivity contribution in [1.82, 2.24) is 19.7 Å². The Hall–Kier alpha value is -3.34. The number of fused-ring (bicyclic) bond motifs is 2. The second-order valence-electron chi connectivity index (χ2n) is 6.86. The van der Waals surface area contributed by atoms with E-state index >= 15 is 0 Å².